The number of nitro benzene ring substituents is 1. The average Bonchev–Trinajstić information content (AvgIpc) is 2.64. The van der Waals surface area contributed by atoms with Crippen LogP contribution in [-0.4, -0.2) is 41.1 Å². The molecule has 1 saturated heterocycles. The third-order valence-electron chi connectivity index (χ3n) is 4.17. The highest BCUT2D eigenvalue weighted by atomic mass is 79.9. The Morgan fingerprint density at radius 2 is 1.81 bits per heavy atom. The smallest absolute Gasteiger partial charge is 0.269 e. The summed E-state index contributed by atoms with van der Waals surface area (Å²) >= 11 is 15.1. The molecule has 26 heavy (non-hydrogen) atoms. The van der Waals surface area contributed by atoms with Gasteiger partial charge in [0.2, 0.25) is 0 Å². The second-order valence-corrected chi connectivity index (χ2v) is 7.51. The maximum Gasteiger partial charge on any atom is 0.269 e. The minimum atomic E-state index is -0.390. The zero-order valence-electron chi connectivity index (χ0n) is 13.7. The molecule has 0 radical (unpaired) electrons. The van der Waals surface area contributed by atoms with Crippen LogP contribution in [0.3, 0.4) is 0 Å². The molecule has 1 aliphatic rings. The summed E-state index contributed by atoms with van der Waals surface area (Å²) < 4.78 is 0.913. The zero-order chi connectivity index (χ0) is 18.7. The van der Waals surface area contributed by atoms with E-state index in [1.165, 1.54) is 12.1 Å². The van der Waals surface area contributed by atoms with Crippen molar-refractivity contribution in [2.75, 3.05) is 36.4 Å². The van der Waals surface area contributed by atoms with Crippen molar-refractivity contribution in [1.29, 1.82) is 0 Å². The molecule has 2 aromatic carbocycles. The van der Waals surface area contributed by atoms with Crippen LogP contribution in [0.4, 0.5) is 17.1 Å². The molecule has 9 heteroatoms. The van der Waals surface area contributed by atoms with E-state index in [-0.39, 0.29) is 10.6 Å². The fourth-order valence-electron chi connectivity index (χ4n) is 2.74. The molecule has 0 atom stereocenters. The molecule has 0 aliphatic carbocycles. The van der Waals surface area contributed by atoms with E-state index in [1.54, 1.807) is 12.1 Å². The van der Waals surface area contributed by atoms with E-state index in [2.05, 4.69) is 31.0 Å². The Morgan fingerprint density at radius 1 is 1.15 bits per heavy atom. The molecular weight excluding hydrogens is 440 g/mol. The van der Waals surface area contributed by atoms with Crippen molar-refractivity contribution in [3.05, 3.63) is 62.1 Å². The first-order chi connectivity index (χ1) is 12.4. The number of nitrogens with zero attached hydrogens (tertiary/aromatic N) is 3. The van der Waals surface area contributed by atoms with Gasteiger partial charge >= 0.3 is 0 Å². The van der Waals surface area contributed by atoms with Crippen LogP contribution in [0.25, 0.3) is 0 Å². The highest BCUT2D eigenvalue weighted by Crippen LogP contribution is 2.26. The first-order valence-electron chi connectivity index (χ1n) is 7.94. The monoisotopic (exact) mass is 454 g/mol. The van der Waals surface area contributed by atoms with Crippen molar-refractivity contribution in [3.8, 4) is 0 Å². The Bertz CT molecular complexity index is 826. The fraction of sp³-hybridized carbons (Fsp3) is 0.235. The summed E-state index contributed by atoms with van der Waals surface area (Å²) in [5.41, 5.74) is 1.85. The minimum Gasteiger partial charge on any atom is -0.368 e. The molecule has 1 fully saturated rings. The third kappa shape index (κ3) is 4.44. The highest BCUT2D eigenvalue weighted by molar-refractivity contribution is 9.10. The number of piperazine rings is 1. The summed E-state index contributed by atoms with van der Waals surface area (Å²) in [7, 11) is 0. The molecule has 0 saturated carbocycles. The molecule has 6 nitrogen and oxygen atoms in total. The van der Waals surface area contributed by atoms with E-state index in [1.807, 2.05) is 18.2 Å². The predicted molar refractivity (Wildman–Crippen MR) is 112 cm³/mol. The van der Waals surface area contributed by atoms with Crippen molar-refractivity contribution in [3.63, 3.8) is 0 Å². The summed E-state index contributed by atoms with van der Waals surface area (Å²) in [6, 6.07) is 12.2. The van der Waals surface area contributed by atoms with Gasteiger partial charge in [-0.25, -0.2) is 0 Å². The van der Waals surface area contributed by atoms with Crippen molar-refractivity contribution in [1.82, 2.24) is 4.90 Å². The number of thiocarbonyl (C=S) groups is 1. The summed E-state index contributed by atoms with van der Waals surface area (Å²) in [4.78, 5) is 14.6. The van der Waals surface area contributed by atoms with Crippen LogP contribution in [0.15, 0.2) is 46.9 Å². The first kappa shape index (κ1) is 18.9. The summed E-state index contributed by atoms with van der Waals surface area (Å²) in [5, 5.41) is 15.2. The van der Waals surface area contributed by atoms with Gasteiger partial charge in [-0.15, -0.1) is 0 Å². The van der Waals surface area contributed by atoms with Gasteiger partial charge < -0.3 is 15.1 Å². The van der Waals surface area contributed by atoms with Crippen LogP contribution in [0.5, 0.6) is 0 Å². The molecule has 0 aromatic heterocycles. The van der Waals surface area contributed by atoms with Gasteiger partial charge in [0.05, 0.1) is 15.6 Å². The first-order valence-corrected chi connectivity index (χ1v) is 9.52. The van der Waals surface area contributed by atoms with Gasteiger partial charge in [-0.3, -0.25) is 10.1 Å². The van der Waals surface area contributed by atoms with Crippen LogP contribution < -0.4 is 10.2 Å². The largest absolute Gasteiger partial charge is 0.368 e. The van der Waals surface area contributed by atoms with Crippen LogP contribution in [0.1, 0.15) is 0 Å². The molecule has 0 spiro atoms. The van der Waals surface area contributed by atoms with Gasteiger partial charge in [0.15, 0.2) is 5.11 Å². The number of halogens is 2. The van der Waals surface area contributed by atoms with E-state index < -0.39 is 0 Å². The van der Waals surface area contributed by atoms with E-state index in [0.717, 1.165) is 42.0 Å². The molecule has 0 amide bonds. The van der Waals surface area contributed by atoms with Crippen LogP contribution in [0, 0.1) is 10.1 Å². The quantitative estimate of drug-likeness (QED) is 0.417. The van der Waals surface area contributed by atoms with Gasteiger partial charge in [-0.2, -0.15) is 0 Å². The second-order valence-electron chi connectivity index (χ2n) is 5.80. The Hall–Kier alpha value is -1.90. The highest BCUT2D eigenvalue weighted by Gasteiger charge is 2.20. The predicted octanol–water partition coefficient (Wildman–Crippen LogP) is 4.53. The van der Waals surface area contributed by atoms with Gasteiger partial charge in [0.25, 0.3) is 5.69 Å². The van der Waals surface area contributed by atoms with E-state index >= 15 is 0 Å². The third-order valence-corrected chi connectivity index (χ3v) is 5.33. The normalized spacial score (nSPS) is 14.2. The van der Waals surface area contributed by atoms with Gasteiger partial charge in [-0.1, -0.05) is 27.5 Å². The molecule has 0 bridgehead atoms. The maximum absolute atomic E-state index is 10.8. The molecule has 1 aliphatic heterocycles. The van der Waals surface area contributed by atoms with Crippen molar-refractivity contribution in [2.45, 2.75) is 0 Å². The number of anilines is 2. The van der Waals surface area contributed by atoms with E-state index in [0.29, 0.717) is 10.1 Å². The number of rotatable bonds is 3. The Balaban J connectivity index is 1.57. The number of non-ortho nitro benzene ring substituents is 1. The van der Waals surface area contributed by atoms with Gasteiger partial charge in [0.1, 0.15) is 0 Å². The number of benzene rings is 2. The van der Waals surface area contributed by atoms with E-state index in [4.69, 9.17) is 23.8 Å². The number of hydrogen-bond acceptors (Lipinski definition) is 4. The molecule has 0 unspecified atom stereocenters. The average molecular weight is 456 g/mol. The van der Waals surface area contributed by atoms with Gasteiger partial charge in [0, 0.05) is 48.5 Å². The summed E-state index contributed by atoms with van der Waals surface area (Å²) in [5.74, 6) is 0. The Labute approximate surface area is 170 Å². The molecule has 136 valence electrons. The molecule has 3 rings (SSSR count). The van der Waals surface area contributed by atoms with Gasteiger partial charge in [-0.05, 0) is 42.5 Å². The van der Waals surface area contributed by atoms with Crippen molar-refractivity contribution >= 4 is 61.9 Å². The van der Waals surface area contributed by atoms with E-state index in [9.17, 15) is 10.1 Å². The van der Waals surface area contributed by atoms with Crippen LogP contribution in [0.2, 0.25) is 5.02 Å². The molecular formula is C17H16BrClN4O2S. The molecule has 1 N–H and O–H groups in total. The lowest BCUT2D eigenvalue weighted by Gasteiger charge is -2.37. The topological polar surface area (TPSA) is 61.7 Å². The second kappa shape index (κ2) is 8.20. The fourth-order valence-corrected chi connectivity index (χ4v) is 3.75. The van der Waals surface area contributed by atoms with Crippen molar-refractivity contribution < 1.29 is 4.92 Å². The Morgan fingerprint density at radius 3 is 2.38 bits per heavy atom. The zero-order valence-corrected chi connectivity index (χ0v) is 16.9. The van der Waals surface area contributed by atoms with Crippen molar-refractivity contribution in [2.24, 2.45) is 0 Å². The lowest BCUT2D eigenvalue weighted by atomic mass is 10.2. The number of nitro groups is 1. The Kier molecular flexibility index (Phi) is 5.95. The lowest BCUT2D eigenvalue weighted by Crippen LogP contribution is -2.50. The standard InChI is InChI=1S/C17H16BrClN4O2S/c18-12-1-6-16(15(19)11-12)20-17(26)22-9-7-21(8-10-22)13-2-4-14(5-3-13)23(24)25/h1-6,11H,7-10H2,(H,20,26). The molecule has 2 aromatic rings. The lowest BCUT2D eigenvalue weighted by molar-refractivity contribution is -0.384. The molecule has 1 heterocycles. The summed E-state index contributed by atoms with van der Waals surface area (Å²) in [6.45, 7) is 3.09. The number of nitrogens with one attached hydrogen (secondary N) is 1. The number of hydrogen-bond donors (Lipinski definition) is 1. The SMILES string of the molecule is O=[N+]([O-])c1ccc(N2CCN(C(=S)Nc3ccc(Br)cc3Cl)CC2)cc1. The van der Waals surface area contributed by atoms with Crippen LogP contribution >= 0.6 is 39.7 Å². The van der Waals surface area contributed by atoms with Crippen LogP contribution in [-0.2, 0) is 0 Å². The summed E-state index contributed by atoms with van der Waals surface area (Å²) in [6.07, 6.45) is 0. The minimum absolute atomic E-state index is 0.101. The maximum atomic E-state index is 10.8.